The molecule has 0 heterocycles. The summed E-state index contributed by atoms with van der Waals surface area (Å²) in [5.74, 6) is 0.634. The van der Waals surface area contributed by atoms with E-state index in [1.54, 1.807) is 50.2 Å². The number of methoxy groups -OCH3 is 5. The van der Waals surface area contributed by atoms with Crippen molar-refractivity contribution in [3.05, 3.63) is 66.2 Å². The molecule has 13 heteroatoms. The number of hydrogen-bond acceptors (Lipinski definition) is 9. The predicted molar refractivity (Wildman–Crippen MR) is 170 cm³/mol. The molecule has 1 N–H and O–H groups in total. The van der Waals surface area contributed by atoms with Gasteiger partial charge in [-0.15, -0.1) is 0 Å². The number of sulfonamides is 1. The number of benzene rings is 3. The second-order valence-corrected chi connectivity index (χ2v) is 11.6. The number of carbonyl (C=O) groups excluding carboxylic acids is 2. The van der Waals surface area contributed by atoms with Crippen molar-refractivity contribution in [3.63, 3.8) is 0 Å². The minimum Gasteiger partial charge on any atom is -0.497 e. The number of nitrogens with one attached hydrogen (secondary N) is 1. The van der Waals surface area contributed by atoms with E-state index in [9.17, 15) is 18.0 Å². The smallest absolute Gasteiger partial charge is 0.265 e. The first-order valence-corrected chi connectivity index (χ1v) is 15.7. The topological polar surface area (TPSA) is 133 Å². The van der Waals surface area contributed by atoms with Crippen LogP contribution in [0.5, 0.6) is 28.7 Å². The first-order chi connectivity index (χ1) is 21.6. The van der Waals surface area contributed by atoms with Gasteiger partial charge in [-0.3, -0.25) is 13.9 Å². The molecule has 12 nitrogen and oxygen atoms in total. The Hall–Kier alpha value is -4.65. The minimum absolute atomic E-state index is 0.0190. The van der Waals surface area contributed by atoms with Crippen molar-refractivity contribution in [2.24, 2.45) is 0 Å². The Morgan fingerprint density at radius 3 is 2.02 bits per heavy atom. The van der Waals surface area contributed by atoms with Crippen LogP contribution in [-0.2, 0) is 26.2 Å². The van der Waals surface area contributed by atoms with Crippen LogP contribution in [0.4, 0.5) is 5.69 Å². The molecule has 244 valence electrons. The summed E-state index contributed by atoms with van der Waals surface area (Å²) in [4.78, 5) is 28.8. The zero-order valence-electron chi connectivity index (χ0n) is 26.7. The highest BCUT2D eigenvalue weighted by atomic mass is 32.2. The van der Waals surface area contributed by atoms with Crippen molar-refractivity contribution in [1.82, 2.24) is 10.2 Å². The molecule has 1 atom stereocenters. The normalized spacial score (nSPS) is 11.6. The number of amides is 2. The van der Waals surface area contributed by atoms with E-state index < -0.39 is 28.5 Å². The number of ether oxygens (including phenoxy) is 5. The van der Waals surface area contributed by atoms with Gasteiger partial charge < -0.3 is 33.9 Å². The maximum atomic E-state index is 14.4. The Morgan fingerprint density at radius 2 is 1.42 bits per heavy atom. The van der Waals surface area contributed by atoms with Gasteiger partial charge in [0.1, 0.15) is 29.8 Å². The van der Waals surface area contributed by atoms with Gasteiger partial charge in [0.25, 0.3) is 10.0 Å². The lowest BCUT2D eigenvalue weighted by molar-refractivity contribution is -0.140. The Balaban J connectivity index is 2.20. The summed E-state index contributed by atoms with van der Waals surface area (Å²) in [7, 11) is 2.75. The van der Waals surface area contributed by atoms with E-state index in [1.165, 1.54) is 64.7 Å². The monoisotopic (exact) mass is 643 g/mol. The summed E-state index contributed by atoms with van der Waals surface area (Å²) < 4.78 is 56.7. The molecule has 3 aromatic carbocycles. The summed E-state index contributed by atoms with van der Waals surface area (Å²) in [5, 5.41) is 2.79. The van der Waals surface area contributed by atoms with Crippen LogP contribution in [0, 0.1) is 0 Å². The van der Waals surface area contributed by atoms with Crippen molar-refractivity contribution >= 4 is 27.5 Å². The van der Waals surface area contributed by atoms with Crippen LogP contribution in [0.25, 0.3) is 0 Å². The van der Waals surface area contributed by atoms with Gasteiger partial charge in [-0.1, -0.05) is 19.1 Å². The summed E-state index contributed by atoms with van der Waals surface area (Å²) in [5.41, 5.74) is 0.756. The van der Waals surface area contributed by atoms with Crippen molar-refractivity contribution in [2.45, 2.75) is 37.8 Å². The molecule has 3 aromatic rings. The number of rotatable bonds is 16. The average Bonchev–Trinajstić information content (AvgIpc) is 3.06. The van der Waals surface area contributed by atoms with Crippen LogP contribution < -0.4 is 33.3 Å². The van der Waals surface area contributed by atoms with Crippen LogP contribution in [0.1, 0.15) is 25.8 Å². The van der Waals surface area contributed by atoms with Crippen LogP contribution in [0.3, 0.4) is 0 Å². The molecule has 45 heavy (non-hydrogen) atoms. The number of anilines is 1. The Labute approximate surface area is 264 Å². The number of likely N-dealkylation sites (N-methyl/N-ethyl adjacent to an activating group) is 1. The lowest BCUT2D eigenvalue weighted by atomic mass is 10.1. The standard InChI is InChI=1S/C32H41N3O9S/c1-8-26(32(37)33-9-2)34(20-22-11-10-12-23(17-22)40-3)31(36)21-35(27-18-24(41-4)13-15-28(27)42-5)45(38,39)25-14-16-29(43-6)30(19-25)44-7/h10-19,26H,8-9,20-21H2,1-7H3,(H,33,37)/t26-/m1/s1. The van der Waals surface area contributed by atoms with Gasteiger partial charge in [0, 0.05) is 25.2 Å². The van der Waals surface area contributed by atoms with Gasteiger partial charge in [0.05, 0.1) is 46.1 Å². The van der Waals surface area contributed by atoms with Crippen molar-refractivity contribution in [1.29, 1.82) is 0 Å². The van der Waals surface area contributed by atoms with Crippen LogP contribution in [0.15, 0.2) is 65.6 Å². The fourth-order valence-corrected chi connectivity index (χ4v) is 6.22. The van der Waals surface area contributed by atoms with E-state index in [0.29, 0.717) is 29.4 Å². The highest BCUT2D eigenvalue weighted by Gasteiger charge is 2.35. The third-order valence-corrected chi connectivity index (χ3v) is 8.86. The van der Waals surface area contributed by atoms with Crippen LogP contribution in [0.2, 0.25) is 0 Å². The molecule has 0 spiro atoms. The number of nitrogens with zero attached hydrogens (tertiary/aromatic N) is 2. The molecular weight excluding hydrogens is 602 g/mol. The van der Waals surface area contributed by atoms with Crippen LogP contribution in [-0.4, -0.2) is 79.8 Å². The summed E-state index contributed by atoms with van der Waals surface area (Å²) in [6.45, 7) is 3.28. The minimum atomic E-state index is -4.45. The molecule has 0 radical (unpaired) electrons. The highest BCUT2D eigenvalue weighted by Crippen LogP contribution is 2.38. The molecule has 0 bridgehead atoms. The lowest BCUT2D eigenvalue weighted by Gasteiger charge is -2.33. The van der Waals surface area contributed by atoms with Crippen molar-refractivity contribution in [2.75, 3.05) is 52.9 Å². The zero-order valence-corrected chi connectivity index (χ0v) is 27.5. The molecule has 3 rings (SSSR count). The average molecular weight is 644 g/mol. The Morgan fingerprint density at radius 1 is 0.778 bits per heavy atom. The molecule has 0 aliphatic heterocycles. The second kappa shape index (κ2) is 15.9. The summed E-state index contributed by atoms with van der Waals surface area (Å²) in [6, 6.07) is 15.0. The van der Waals surface area contributed by atoms with E-state index in [-0.39, 0.29) is 41.0 Å². The molecule has 0 fully saturated rings. The van der Waals surface area contributed by atoms with E-state index in [2.05, 4.69) is 5.32 Å². The first kappa shape index (κ1) is 34.8. The maximum Gasteiger partial charge on any atom is 0.265 e. The van der Waals surface area contributed by atoms with E-state index in [1.807, 2.05) is 0 Å². The maximum absolute atomic E-state index is 14.4. The Kier molecular flexibility index (Phi) is 12.3. The fraction of sp³-hybridized carbons (Fsp3) is 0.375. The second-order valence-electron chi connectivity index (χ2n) is 9.76. The fourth-order valence-electron chi connectivity index (χ4n) is 4.79. The summed E-state index contributed by atoms with van der Waals surface area (Å²) in [6.07, 6.45) is 0.284. The SMILES string of the molecule is CCNC(=O)[C@@H](CC)N(Cc1cccc(OC)c1)C(=O)CN(c1cc(OC)ccc1OC)S(=O)(=O)c1ccc(OC)c(OC)c1. The number of hydrogen-bond donors (Lipinski definition) is 1. The van der Waals surface area contributed by atoms with Gasteiger partial charge in [-0.2, -0.15) is 0 Å². The molecule has 0 saturated carbocycles. The molecule has 0 unspecified atom stereocenters. The molecule has 0 aliphatic carbocycles. The molecule has 0 aliphatic rings. The van der Waals surface area contributed by atoms with Crippen LogP contribution >= 0.6 is 0 Å². The largest absolute Gasteiger partial charge is 0.497 e. The van der Waals surface area contributed by atoms with E-state index in [0.717, 1.165) is 4.31 Å². The van der Waals surface area contributed by atoms with E-state index >= 15 is 0 Å². The first-order valence-electron chi connectivity index (χ1n) is 14.2. The van der Waals surface area contributed by atoms with Gasteiger partial charge in [-0.25, -0.2) is 8.42 Å². The quantitative estimate of drug-likeness (QED) is 0.247. The number of carbonyl (C=O) groups is 2. The van der Waals surface area contributed by atoms with Gasteiger partial charge in [0.15, 0.2) is 11.5 Å². The highest BCUT2D eigenvalue weighted by molar-refractivity contribution is 7.92. The van der Waals surface area contributed by atoms with Gasteiger partial charge in [-0.05, 0) is 55.3 Å². The molecule has 0 aromatic heterocycles. The van der Waals surface area contributed by atoms with Crippen molar-refractivity contribution < 1.29 is 41.7 Å². The third kappa shape index (κ3) is 8.09. The molecule has 2 amide bonds. The zero-order chi connectivity index (χ0) is 33.1. The van der Waals surface area contributed by atoms with Gasteiger partial charge >= 0.3 is 0 Å². The predicted octanol–water partition coefficient (Wildman–Crippen LogP) is 3.87. The molecular formula is C32H41N3O9S. The van der Waals surface area contributed by atoms with Crippen molar-refractivity contribution in [3.8, 4) is 28.7 Å². The Bertz CT molecular complexity index is 1580. The lowest BCUT2D eigenvalue weighted by Crippen LogP contribution is -2.52. The summed E-state index contributed by atoms with van der Waals surface area (Å²) >= 11 is 0. The third-order valence-electron chi connectivity index (χ3n) is 7.10. The molecule has 0 saturated heterocycles. The van der Waals surface area contributed by atoms with E-state index in [4.69, 9.17) is 23.7 Å². The van der Waals surface area contributed by atoms with Gasteiger partial charge in [0.2, 0.25) is 11.8 Å².